The summed E-state index contributed by atoms with van der Waals surface area (Å²) >= 11 is 0. The molecule has 1 aliphatic heterocycles. The predicted octanol–water partition coefficient (Wildman–Crippen LogP) is -1.87. The first kappa shape index (κ1) is 28.1. The quantitative estimate of drug-likeness (QED) is 0.237. The maximum absolute atomic E-state index is 9.00. The van der Waals surface area contributed by atoms with E-state index in [9.17, 15) is 0 Å². The van der Waals surface area contributed by atoms with Gasteiger partial charge in [0.25, 0.3) is 11.9 Å². The summed E-state index contributed by atoms with van der Waals surface area (Å²) < 4.78 is 0. The zero-order valence-corrected chi connectivity index (χ0v) is 15.8. The van der Waals surface area contributed by atoms with Gasteiger partial charge in [0, 0.05) is 96.4 Å². The minimum Gasteiger partial charge on any atom is -0.481 e. The van der Waals surface area contributed by atoms with E-state index in [4.69, 9.17) is 19.8 Å². The third-order valence-electron chi connectivity index (χ3n) is 2.39. The van der Waals surface area contributed by atoms with Crippen LogP contribution in [-0.4, -0.2) is 87.6 Å². The summed E-state index contributed by atoms with van der Waals surface area (Å²) in [4.78, 5) is 18.0. The maximum Gasteiger partial charge on any atom is 0.300 e. The van der Waals surface area contributed by atoms with Crippen molar-refractivity contribution >= 4 is 11.9 Å². The van der Waals surface area contributed by atoms with Crippen molar-refractivity contribution in [3.63, 3.8) is 0 Å². The molecule has 1 fully saturated rings. The van der Waals surface area contributed by atoms with Crippen LogP contribution in [0.2, 0.25) is 0 Å². The second-order valence-electron chi connectivity index (χ2n) is 4.79. The molecule has 1 heterocycles. The largest absolute Gasteiger partial charge is 0.481 e. The molecule has 10 heteroatoms. The summed E-state index contributed by atoms with van der Waals surface area (Å²) in [5, 5.41) is 31.8. The minimum atomic E-state index is -0.833. The topological polar surface area (TPSA) is 135 Å². The van der Waals surface area contributed by atoms with Crippen molar-refractivity contribution in [3.8, 4) is 0 Å². The average Bonchev–Trinajstić information content (AvgIpc) is 2.44. The summed E-state index contributed by atoms with van der Waals surface area (Å²) in [6.45, 7) is 12.7. The van der Waals surface area contributed by atoms with Crippen LogP contribution < -0.4 is 26.6 Å². The molecule has 0 aromatic rings. The number of hydrogen-bond donors (Lipinski definition) is 7. The van der Waals surface area contributed by atoms with Crippen LogP contribution >= 0.6 is 0 Å². The number of nitrogens with one attached hydrogen (secondary N) is 5. The molecular weight excluding hydrogens is 357 g/mol. The van der Waals surface area contributed by atoms with Gasteiger partial charge in [-0.1, -0.05) is 0 Å². The molecule has 0 aromatic carbocycles. The van der Waals surface area contributed by atoms with Gasteiger partial charge >= 0.3 is 0 Å². The third-order valence-corrected chi connectivity index (χ3v) is 2.39. The number of carboxylic acid groups (broad SMARTS) is 2. The van der Waals surface area contributed by atoms with Crippen molar-refractivity contribution in [1.82, 2.24) is 26.6 Å². The van der Waals surface area contributed by atoms with Crippen molar-refractivity contribution in [3.05, 3.63) is 0 Å². The van der Waals surface area contributed by atoms with Crippen molar-refractivity contribution in [2.24, 2.45) is 0 Å². The van der Waals surface area contributed by atoms with Crippen LogP contribution in [0.25, 0.3) is 0 Å². The van der Waals surface area contributed by atoms with Crippen LogP contribution in [-0.2, 0) is 26.7 Å². The first-order valence-corrected chi connectivity index (χ1v) is 7.89. The van der Waals surface area contributed by atoms with Gasteiger partial charge in [-0.3, -0.25) is 9.59 Å². The molecule has 0 aliphatic carbocycles. The predicted molar refractivity (Wildman–Crippen MR) is 91.0 cm³/mol. The van der Waals surface area contributed by atoms with Crippen molar-refractivity contribution < 1.29 is 36.9 Å². The van der Waals surface area contributed by atoms with E-state index >= 15 is 0 Å². The number of rotatable bonds is 0. The summed E-state index contributed by atoms with van der Waals surface area (Å²) in [6, 6.07) is 0. The first-order valence-electron chi connectivity index (χ1n) is 7.89. The molecule has 0 unspecified atom stereocenters. The Morgan fingerprint density at radius 1 is 0.542 bits per heavy atom. The van der Waals surface area contributed by atoms with E-state index in [1.807, 2.05) is 0 Å². The minimum absolute atomic E-state index is 0. The van der Waals surface area contributed by atoms with Crippen LogP contribution in [0.1, 0.15) is 13.8 Å². The Balaban J connectivity index is -0.000000413. The van der Waals surface area contributed by atoms with Gasteiger partial charge in [0.15, 0.2) is 0 Å². The third kappa shape index (κ3) is 42.9. The molecule has 7 N–H and O–H groups in total. The second kappa shape index (κ2) is 24.5. The van der Waals surface area contributed by atoms with Gasteiger partial charge in [-0.15, -0.1) is 0 Å². The molecule has 1 radical (unpaired) electrons. The number of carbonyl (C=O) groups is 2. The van der Waals surface area contributed by atoms with Gasteiger partial charge in [0.1, 0.15) is 0 Å². The van der Waals surface area contributed by atoms with E-state index in [2.05, 4.69) is 26.6 Å². The van der Waals surface area contributed by atoms with E-state index in [1.165, 1.54) is 0 Å². The SMILES string of the molecule is C1CNCCNCCNCCNCCN1.CC(=O)O.CC(=O)O.[Mn]. The molecule has 0 amide bonds. The van der Waals surface area contributed by atoms with Crippen LogP contribution in [0.15, 0.2) is 0 Å². The zero-order valence-electron chi connectivity index (χ0n) is 14.7. The second-order valence-corrected chi connectivity index (χ2v) is 4.79. The Morgan fingerprint density at radius 3 is 0.708 bits per heavy atom. The van der Waals surface area contributed by atoms with Gasteiger partial charge in [0.2, 0.25) is 0 Å². The Labute approximate surface area is 155 Å². The Morgan fingerprint density at radius 2 is 0.625 bits per heavy atom. The Kier molecular flexibility index (Phi) is 28.7. The fraction of sp³-hybridized carbons (Fsp3) is 0.857. The molecular formula is C14H33MnN5O4. The van der Waals surface area contributed by atoms with Crippen molar-refractivity contribution in [1.29, 1.82) is 0 Å². The van der Waals surface area contributed by atoms with E-state index in [0.717, 1.165) is 79.3 Å². The molecule has 24 heavy (non-hydrogen) atoms. The monoisotopic (exact) mass is 390 g/mol. The van der Waals surface area contributed by atoms with Gasteiger partial charge < -0.3 is 36.8 Å². The van der Waals surface area contributed by atoms with E-state index in [-0.39, 0.29) is 17.1 Å². The van der Waals surface area contributed by atoms with Crippen LogP contribution in [0, 0.1) is 0 Å². The Hall–Kier alpha value is -0.741. The molecule has 0 bridgehead atoms. The molecule has 0 atom stereocenters. The van der Waals surface area contributed by atoms with Gasteiger partial charge in [-0.2, -0.15) is 0 Å². The molecule has 9 nitrogen and oxygen atoms in total. The van der Waals surface area contributed by atoms with E-state index in [0.29, 0.717) is 0 Å². The molecule has 0 spiro atoms. The maximum atomic E-state index is 9.00. The summed E-state index contributed by atoms with van der Waals surface area (Å²) in [6.07, 6.45) is 0. The molecule has 145 valence electrons. The summed E-state index contributed by atoms with van der Waals surface area (Å²) in [7, 11) is 0. The molecule has 0 saturated carbocycles. The van der Waals surface area contributed by atoms with Crippen LogP contribution in [0.3, 0.4) is 0 Å². The molecule has 1 saturated heterocycles. The van der Waals surface area contributed by atoms with Gasteiger partial charge in [-0.05, 0) is 0 Å². The van der Waals surface area contributed by atoms with Crippen molar-refractivity contribution in [2.75, 3.05) is 65.4 Å². The Bertz CT molecular complexity index is 207. The van der Waals surface area contributed by atoms with Crippen molar-refractivity contribution in [2.45, 2.75) is 13.8 Å². The standard InChI is InChI=1S/C10H25N5.2C2H4O2.Mn/c1-2-12-5-6-14-9-10-15-8-7-13-4-3-11-1;2*1-2(3)4;/h11-15H,1-10H2;2*1H3,(H,3,4);. The molecule has 1 aliphatic rings. The normalized spacial score (nSPS) is 17.1. The first-order chi connectivity index (χ1) is 11.0. The average molecular weight is 390 g/mol. The van der Waals surface area contributed by atoms with Crippen LogP contribution in [0.4, 0.5) is 0 Å². The fourth-order valence-corrected chi connectivity index (χ4v) is 1.51. The van der Waals surface area contributed by atoms with E-state index < -0.39 is 11.9 Å². The number of aliphatic carboxylic acids is 2. The smallest absolute Gasteiger partial charge is 0.300 e. The molecule has 1 rings (SSSR count). The van der Waals surface area contributed by atoms with Crippen LogP contribution in [0.5, 0.6) is 0 Å². The van der Waals surface area contributed by atoms with E-state index in [1.54, 1.807) is 0 Å². The van der Waals surface area contributed by atoms with Gasteiger partial charge in [0.05, 0.1) is 0 Å². The van der Waals surface area contributed by atoms with Gasteiger partial charge in [-0.25, -0.2) is 0 Å². The number of carboxylic acids is 2. The fourth-order valence-electron chi connectivity index (χ4n) is 1.51. The summed E-state index contributed by atoms with van der Waals surface area (Å²) in [5.74, 6) is -1.67. The summed E-state index contributed by atoms with van der Waals surface area (Å²) in [5.41, 5.74) is 0. The molecule has 0 aromatic heterocycles. The number of hydrogen-bond acceptors (Lipinski definition) is 7. The zero-order chi connectivity index (χ0) is 17.8.